The van der Waals surface area contributed by atoms with Crippen molar-refractivity contribution in [1.82, 2.24) is 5.43 Å². The van der Waals surface area contributed by atoms with E-state index in [1.807, 2.05) is 24.3 Å². The highest BCUT2D eigenvalue weighted by atomic mass is 16.3. The summed E-state index contributed by atoms with van der Waals surface area (Å²) in [5, 5.41) is 1.12. The lowest BCUT2D eigenvalue weighted by Crippen LogP contribution is -2.20. The van der Waals surface area contributed by atoms with Gasteiger partial charge in [0.1, 0.15) is 5.58 Å². The average Bonchev–Trinajstić information content (AvgIpc) is 2.50. The third kappa shape index (κ3) is 1.09. The predicted octanol–water partition coefficient (Wildman–Crippen LogP) is 1.40. The zero-order valence-electron chi connectivity index (χ0n) is 6.58. The highest BCUT2D eigenvalue weighted by molar-refractivity contribution is 5.80. The molecule has 0 aliphatic carbocycles. The fourth-order valence-corrected chi connectivity index (χ4v) is 1.28. The minimum Gasteiger partial charge on any atom is -0.464 e. The van der Waals surface area contributed by atoms with Crippen LogP contribution in [-0.4, -0.2) is 0 Å². The van der Waals surface area contributed by atoms with Gasteiger partial charge in [0.2, 0.25) is 0 Å². The monoisotopic (exact) mass is 162 g/mol. The van der Waals surface area contributed by atoms with Gasteiger partial charge in [-0.25, -0.2) is 0 Å². The molecule has 0 spiro atoms. The van der Waals surface area contributed by atoms with Crippen LogP contribution in [0, 0.1) is 0 Å². The summed E-state index contributed by atoms with van der Waals surface area (Å²) in [5.74, 6) is 5.22. The van der Waals surface area contributed by atoms with Gasteiger partial charge in [-0.2, -0.15) is 0 Å². The molecule has 0 bridgehead atoms. The summed E-state index contributed by atoms with van der Waals surface area (Å²) in [6.45, 7) is 0.636. The Morgan fingerprint density at radius 3 is 3.00 bits per heavy atom. The van der Waals surface area contributed by atoms with E-state index in [0.29, 0.717) is 6.54 Å². The highest BCUT2D eigenvalue weighted by Crippen LogP contribution is 2.19. The fourth-order valence-electron chi connectivity index (χ4n) is 1.28. The van der Waals surface area contributed by atoms with Crippen LogP contribution >= 0.6 is 0 Å². The smallest absolute Gasteiger partial charge is 0.134 e. The van der Waals surface area contributed by atoms with Gasteiger partial charge in [-0.1, -0.05) is 18.2 Å². The van der Waals surface area contributed by atoms with Gasteiger partial charge in [0, 0.05) is 17.5 Å². The zero-order valence-corrected chi connectivity index (χ0v) is 6.58. The van der Waals surface area contributed by atoms with E-state index in [1.54, 1.807) is 6.26 Å². The summed E-state index contributed by atoms with van der Waals surface area (Å²) < 4.78 is 5.31. The van der Waals surface area contributed by atoms with Crippen LogP contribution in [-0.2, 0) is 6.54 Å². The van der Waals surface area contributed by atoms with Crippen LogP contribution in [0.15, 0.2) is 34.9 Å². The molecule has 0 amide bonds. The van der Waals surface area contributed by atoms with E-state index in [-0.39, 0.29) is 0 Å². The molecule has 2 aromatic rings. The standard InChI is InChI=1S/C9H10N2O/c10-11-5-7-6-12-9-4-2-1-3-8(7)9/h1-4,6,11H,5,10H2. The number of para-hydroxylation sites is 1. The number of furan rings is 1. The molecular formula is C9H10N2O. The van der Waals surface area contributed by atoms with E-state index in [9.17, 15) is 0 Å². The Hall–Kier alpha value is -1.32. The molecule has 0 radical (unpaired) electrons. The van der Waals surface area contributed by atoms with Crippen LogP contribution in [0.1, 0.15) is 5.56 Å². The molecule has 0 saturated heterocycles. The SMILES string of the molecule is NNCc1coc2ccccc12. The Labute approximate surface area is 70.1 Å². The van der Waals surface area contributed by atoms with Crippen molar-refractivity contribution in [3.63, 3.8) is 0 Å². The first-order valence-corrected chi connectivity index (χ1v) is 3.80. The Kier molecular flexibility index (Phi) is 1.81. The predicted molar refractivity (Wildman–Crippen MR) is 47.2 cm³/mol. The average molecular weight is 162 g/mol. The van der Waals surface area contributed by atoms with Crippen molar-refractivity contribution in [1.29, 1.82) is 0 Å². The van der Waals surface area contributed by atoms with Crippen LogP contribution in [0.2, 0.25) is 0 Å². The van der Waals surface area contributed by atoms with E-state index in [1.165, 1.54) is 0 Å². The van der Waals surface area contributed by atoms with Crippen molar-refractivity contribution >= 4 is 11.0 Å². The third-order valence-electron chi connectivity index (χ3n) is 1.85. The number of hydrogen-bond donors (Lipinski definition) is 2. The lowest BCUT2D eigenvalue weighted by molar-refractivity contribution is 0.605. The van der Waals surface area contributed by atoms with Crippen LogP contribution in [0.3, 0.4) is 0 Å². The summed E-state index contributed by atoms with van der Waals surface area (Å²) in [4.78, 5) is 0. The Bertz CT molecular complexity index is 381. The molecular weight excluding hydrogens is 152 g/mol. The summed E-state index contributed by atoms with van der Waals surface area (Å²) in [6.07, 6.45) is 1.73. The molecule has 1 aromatic heterocycles. The zero-order chi connectivity index (χ0) is 8.39. The van der Waals surface area contributed by atoms with Crippen molar-refractivity contribution in [3.8, 4) is 0 Å². The van der Waals surface area contributed by atoms with Crippen LogP contribution in [0.5, 0.6) is 0 Å². The first-order valence-electron chi connectivity index (χ1n) is 3.80. The molecule has 1 heterocycles. The molecule has 2 rings (SSSR count). The maximum absolute atomic E-state index is 5.31. The van der Waals surface area contributed by atoms with E-state index in [4.69, 9.17) is 10.3 Å². The van der Waals surface area contributed by atoms with Crippen LogP contribution < -0.4 is 11.3 Å². The molecule has 0 atom stereocenters. The second-order valence-electron chi connectivity index (χ2n) is 2.64. The first kappa shape index (κ1) is 7.34. The third-order valence-corrected chi connectivity index (χ3v) is 1.85. The number of hydrazine groups is 1. The summed E-state index contributed by atoms with van der Waals surface area (Å²) in [5.41, 5.74) is 4.60. The summed E-state index contributed by atoms with van der Waals surface area (Å²) >= 11 is 0. The Balaban J connectivity index is 2.55. The second-order valence-corrected chi connectivity index (χ2v) is 2.64. The second kappa shape index (κ2) is 2.97. The van der Waals surface area contributed by atoms with Crippen LogP contribution in [0.25, 0.3) is 11.0 Å². The van der Waals surface area contributed by atoms with E-state index in [2.05, 4.69) is 5.43 Å². The normalized spacial score (nSPS) is 10.8. The number of fused-ring (bicyclic) bond motifs is 1. The highest BCUT2D eigenvalue weighted by Gasteiger charge is 2.02. The number of nitrogens with two attached hydrogens (primary N) is 1. The number of rotatable bonds is 2. The van der Waals surface area contributed by atoms with Gasteiger partial charge in [0.15, 0.2) is 0 Å². The molecule has 12 heavy (non-hydrogen) atoms. The molecule has 3 N–H and O–H groups in total. The number of hydrogen-bond acceptors (Lipinski definition) is 3. The lowest BCUT2D eigenvalue weighted by atomic mass is 10.2. The lowest BCUT2D eigenvalue weighted by Gasteiger charge is -1.93. The van der Waals surface area contributed by atoms with Crippen molar-refractivity contribution in [2.45, 2.75) is 6.54 Å². The number of nitrogens with one attached hydrogen (secondary N) is 1. The van der Waals surface area contributed by atoms with Gasteiger partial charge in [-0.3, -0.25) is 11.3 Å². The minimum absolute atomic E-state index is 0.636. The van der Waals surface area contributed by atoms with Gasteiger partial charge in [0.25, 0.3) is 0 Å². The summed E-state index contributed by atoms with van der Waals surface area (Å²) in [6, 6.07) is 7.89. The van der Waals surface area contributed by atoms with E-state index >= 15 is 0 Å². The fraction of sp³-hybridized carbons (Fsp3) is 0.111. The molecule has 0 unspecified atom stereocenters. The maximum Gasteiger partial charge on any atom is 0.134 e. The van der Waals surface area contributed by atoms with E-state index < -0.39 is 0 Å². The minimum atomic E-state index is 0.636. The topological polar surface area (TPSA) is 51.2 Å². The largest absolute Gasteiger partial charge is 0.464 e. The summed E-state index contributed by atoms with van der Waals surface area (Å²) in [7, 11) is 0. The van der Waals surface area contributed by atoms with Gasteiger partial charge >= 0.3 is 0 Å². The van der Waals surface area contributed by atoms with Crippen molar-refractivity contribution in [3.05, 3.63) is 36.1 Å². The van der Waals surface area contributed by atoms with Crippen molar-refractivity contribution < 1.29 is 4.42 Å². The van der Waals surface area contributed by atoms with Gasteiger partial charge in [-0.05, 0) is 6.07 Å². The molecule has 3 heteroatoms. The first-order chi connectivity index (χ1) is 5.92. The van der Waals surface area contributed by atoms with E-state index in [0.717, 1.165) is 16.5 Å². The Morgan fingerprint density at radius 1 is 1.33 bits per heavy atom. The molecule has 1 aromatic carbocycles. The van der Waals surface area contributed by atoms with Gasteiger partial charge in [0.05, 0.1) is 6.26 Å². The quantitative estimate of drug-likeness (QED) is 0.518. The van der Waals surface area contributed by atoms with Crippen molar-refractivity contribution in [2.24, 2.45) is 5.84 Å². The molecule has 0 fully saturated rings. The number of benzene rings is 1. The molecule has 0 aliphatic heterocycles. The maximum atomic E-state index is 5.31. The van der Waals surface area contributed by atoms with Crippen molar-refractivity contribution in [2.75, 3.05) is 0 Å². The van der Waals surface area contributed by atoms with Gasteiger partial charge < -0.3 is 4.42 Å². The van der Waals surface area contributed by atoms with Gasteiger partial charge in [-0.15, -0.1) is 0 Å². The Morgan fingerprint density at radius 2 is 2.17 bits per heavy atom. The van der Waals surface area contributed by atoms with Crippen LogP contribution in [0.4, 0.5) is 0 Å². The molecule has 62 valence electrons. The molecule has 0 saturated carbocycles. The molecule has 3 nitrogen and oxygen atoms in total. The molecule has 0 aliphatic rings.